The number of hydrogen-bond donors (Lipinski definition) is 1. The van der Waals surface area contributed by atoms with E-state index in [9.17, 15) is 9.18 Å². The van der Waals surface area contributed by atoms with Gasteiger partial charge in [-0.25, -0.2) is 4.39 Å². The van der Waals surface area contributed by atoms with Crippen molar-refractivity contribution in [1.82, 2.24) is 0 Å². The average Bonchev–Trinajstić information content (AvgIpc) is 2.48. The third-order valence-electron chi connectivity index (χ3n) is 3.33. The minimum Gasteiger partial charge on any atom is -0.482 e. The number of fused-ring (bicyclic) bond motifs is 1. The SMILES string of the molecule is O=C1COc2ccc(C(Br)Cc3ccc(F)cc3)cc2N1. The number of halogens is 2. The molecule has 0 spiro atoms. The highest BCUT2D eigenvalue weighted by Gasteiger charge is 2.18. The number of benzene rings is 2. The molecule has 21 heavy (non-hydrogen) atoms. The summed E-state index contributed by atoms with van der Waals surface area (Å²) in [6.45, 7) is 0.0552. The molecule has 3 nitrogen and oxygen atoms in total. The Morgan fingerprint density at radius 3 is 2.76 bits per heavy atom. The molecule has 0 aromatic heterocycles. The van der Waals surface area contributed by atoms with E-state index in [4.69, 9.17) is 4.74 Å². The van der Waals surface area contributed by atoms with Crippen molar-refractivity contribution in [3.8, 4) is 5.75 Å². The van der Waals surface area contributed by atoms with Gasteiger partial charge in [-0.05, 0) is 41.8 Å². The second-order valence-electron chi connectivity index (χ2n) is 4.89. The number of hydrogen-bond acceptors (Lipinski definition) is 2. The molecule has 0 saturated heterocycles. The third-order valence-corrected chi connectivity index (χ3v) is 4.18. The standard InChI is InChI=1S/C16H13BrFNO2/c17-13(7-10-1-4-12(18)5-2-10)11-3-6-15-14(8-11)19-16(20)9-21-15/h1-6,8,13H,7,9H2,(H,19,20). The first-order valence-electron chi connectivity index (χ1n) is 6.57. The molecule has 3 rings (SSSR count). The third kappa shape index (κ3) is 3.24. The minimum absolute atomic E-state index is 0.0552. The molecule has 108 valence electrons. The molecule has 5 heteroatoms. The fourth-order valence-corrected chi connectivity index (χ4v) is 2.90. The van der Waals surface area contributed by atoms with Crippen LogP contribution >= 0.6 is 15.9 Å². The topological polar surface area (TPSA) is 38.3 Å². The lowest BCUT2D eigenvalue weighted by atomic mass is 10.0. The van der Waals surface area contributed by atoms with Crippen LogP contribution < -0.4 is 10.1 Å². The Balaban J connectivity index is 1.78. The van der Waals surface area contributed by atoms with Crippen LogP contribution in [0.25, 0.3) is 0 Å². The zero-order valence-corrected chi connectivity index (χ0v) is 12.7. The fourth-order valence-electron chi connectivity index (χ4n) is 2.24. The highest BCUT2D eigenvalue weighted by Crippen LogP contribution is 2.34. The van der Waals surface area contributed by atoms with Crippen molar-refractivity contribution >= 4 is 27.5 Å². The van der Waals surface area contributed by atoms with Crippen LogP contribution in [0, 0.1) is 5.82 Å². The van der Waals surface area contributed by atoms with Crippen molar-refractivity contribution in [2.45, 2.75) is 11.2 Å². The molecule has 1 aliphatic rings. The van der Waals surface area contributed by atoms with Crippen molar-refractivity contribution < 1.29 is 13.9 Å². The molecule has 1 unspecified atom stereocenters. The van der Waals surface area contributed by atoms with Gasteiger partial charge < -0.3 is 10.1 Å². The van der Waals surface area contributed by atoms with Gasteiger partial charge in [0.15, 0.2) is 6.61 Å². The summed E-state index contributed by atoms with van der Waals surface area (Å²) in [6.07, 6.45) is 0.730. The summed E-state index contributed by atoms with van der Waals surface area (Å²) in [5, 5.41) is 2.79. The van der Waals surface area contributed by atoms with E-state index < -0.39 is 0 Å². The van der Waals surface area contributed by atoms with Gasteiger partial charge in [-0.3, -0.25) is 4.79 Å². The van der Waals surface area contributed by atoms with E-state index >= 15 is 0 Å². The Kier molecular flexibility index (Phi) is 3.92. The Morgan fingerprint density at radius 2 is 2.00 bits per heavy atom. The Hall–Kier alpha value is -1.88. The van der Waals surface area contributed by atoms with E-state index in [0.29, 0.717) is 11.4 Å². The molecule has 1 amide bonds. The average molecular weight is 350 g/mol. The normalized spacial score (nSPS) is 14.9. The van der Waals surface area contributed by atoms with Gasteiger partial charge in [0.25, 0.3) is 5.91 Å². The first kappa shape index (κ1) is 14.1. The number of rotatable bonds is 3. The molecular weight excluding hydrogens is 337 g/mol. The van der Waals surface area contributed by atoms with Crippen molar-refractivity contribution in [1.29, 1.82) is 0 Å². The number of alkyl halides is 1. The molecule has 1 heterocycles. The number of carbonyl (C=O) groups is 1. The first-order chi connectivity index (χ1) is 10.1. The lowest BCUT2D eigenvalue weighted by molar-refractivity contribution is -0.118. The van der Waals surface area contributed by atoms with Crippen molar-refractivity contribution in [3.63, 3.8) is 0 Å². The predicted molar refractivity (Wildman–Crippen MR) is 82.3 cm³/mol. The first-order valence-corrected chi connectivity index (χ1v) is 7.48. The lowest BCUT2D eigenvalue weighted by Gasteiger charge is -2.20. The number of anilines is 1. The maximum absolute atomic E-state index is 12.9. The van der Waals surface area contributed by atoms with Gasteiger partial charge in [-0.15, -0.1) is 0 Å². The van der Waals surface area contributed by atoms with E-state index in [1.165, 1.54) is 12.1 Å². The Bertz CT molecular complexity index is 672. The van der Waals surface area contributed by atoms with Crippen LogP contribution in [-0.2, 0) is 11.2 Å². The zero-order valence-electron chi connectivity index (χ0n) is 11.1. The monoisotopic (exact) mass is 349 g/mol. The van der Waals surface area contributed by atoms with Crippen LogP contribution in [0.15, 0.2) is 42.5 Å². The van der Waals surface area contributed by atoms with Gasteiger partial charge in [0, 0.05) is 4.83 Å². The molecule has 2 aromatic carbocycles. The highest BCUT2D eigenvalue weighted by molar-refractivity contribution is 9.09. The van der Waals surface area contributed by atoms with Crippen molar-refractivity contribution in [2.24, 2.45) is 0 Å². The van der Waals surface area contributed by atoms with E-state index in [1.807, 2.05) is 18.2 Å². The molecule has 0 bridgehead atoms. The van der Waals surface area contributed by atoms with Crippen LogP contribution in [0.1, 0.15) is 16.0 Å². The molecular formula is C16H13BrFNO2. The summed E-state index contributed by atoms with van der Waals surface area (Å²) in [5.41, 5.74) is 2.76. The lowest BCUT2D eigenvalue weighted by Crippen LogP contribution is -2.25. The number of amides is 1. The number of carbonyl (C=O) groups excluding carboxylic acids is 1. The predicted octanol–water partition coefficient (Wildman–Crippen LogP) is 3.84. The Morgan fingerprint density at radius 1 is 1.24 bits per heavy atom. The summed E-state index contributed by atoms with van der Waals surface area (Å²) in [5.74, 6) is 0.294. The van der Waals surface area contributed by atoms with Gasteiger partial charge in [0.05, 0.1) is 5.69 Å². The quantitative estimate of drug-likeness (QED) is 0.855. The van der Waals surface area contributed by atoms with E-state index in [2.05, 4.69) is 21.2 Å². The second kappa shape index (κ2) is 5.85. The van der Waals surface area contributed by atoms with Gasteiger partial charge in [0.1, 0.15) is 11.6 Å². The van der Waals surface area contributed by atoms with Gasteiger partial charge in [-0.2, -0.15) is 0 Å². The molecule has 1 N–H and O–H groups in total. The summed E-state index contributed by atoms with van der Waals surface area (Å²) in [4.78, 5) is 11.4. The number of nitrogens with one attached hydrogen (secondary N) is 1. The fraction of sp³-hybridized carbons (Fsp3) is 0.188. The summed E-state index contributed by atoms with van der Waals surface area (Å²) in [7, 11) is 0. The van der Waals surface area contributed by atoms with Crippen LogP contribution in [0.5, 0.6) is 5.75 Å². The molecule has 1 aliphatic heterocycles. The molecule has 0 saturated carbocycles. The smallest absolute Gasteiger partial charge is 0.262 e. The van der Waals surface area contributed by atoms with Crippen molar-refractivity contribution in [3.05, 3.63) is 59.4 Å². The largest absolute Gasteiger partial charge is 0.482 e. The minimum atomic E-state index is -0.237. The highest BCUT2D eigenvalue weighted by atomic mass is 79.9. The van der Waals surface area contributed by atoms with Crippen LogP contribution in [0.2, 0.25) is 0 Å². The van der Waals surface area contributed by atoms with E-state index in [0.717, 1.165) is 17.5 Å². The van der Waals surface area contributed by atoms with Crippen molar-refractivity contribution in [2.75, 3.05) is 11.9 Å². The van der Waals surface area contributed by atoms with Crippen LogP contribution in [-0.4, -0.2) is 12.5 Å². The summed E-state index contributed by atoms with van der Waals surface area (Å²) in [6, 6.07) is 12.2. The molecule has 1 atom stereocenters. The second-order valence-corrected chi connectivity index (χ2v) is 6.00. The Labute approximate surface area is 130 Å². The molecule has 0 radical (unpaired) electrons. The maximum Gasteiger partial charge on any atom is 0.262 e. The van der Waals surface area contributed by atoms with Crippen LogP contribution in [0.3, 0.4) is 0 Å². The molecule has 0 aliphatic carbocycles. The molecule has 0 fully saturated rings. The maximum atomic E-state index is 12.9. The summed E-state index contributed by atoms with van der Waals surface area (Å²) < 4.78 is 18.2. The number of ether oxygens (including phenoxy) is 1. The zero-order chi connectivity index (χ0) is 14.8. The van der Waals surface area contributed by atoms with Gasteiger partial charge in [0.2, 0.25) is 0 Å². The van der Waals surface area contributed by atoms with Gasteiger partial charge in [-0.1, -0.05) is 34.1 Å². The summed E-state index contributed by atoms with van der Waals surface area (Å²) >= 11 is 3.64. The molecule has 2 aromatic rings. The van der Waals surface area contributed by atoms with E-state index in [1.54, 1.807) is 12.1 Å². The van der Waals surface area contributed by atoms with E-state index in [-0.39, 0.29) is 23.2 Å². The van der Waals surface area contributed by atoms with Crippen LogP contribution in [0.4, 0.5) is 10.1 Å². The van der Waals surface area contributed by atoms with Gasteiger partial charge >= 0.3 is 0 Å².